The number of benzene rings is 1. The van der Waals surface area contributed by atoms with Gasteiger partial charge in [-0.05, 0) is 36.5 Å². The standard InChI is InChI=1S/C16H19NO2/c1-17-7-5-13-11(3-2-4-15(13)17)9-12-10-19-16-14(12)6-8-18-16/h2-5,7,12,14,16H,6,8-10H2,1H3/t12-,14-,16+/m0/s1. The summed E-state index contributed by atoms with van der Waals surface area (Å²) in [5.41, 5.74) is 2.76. The summed E-state index contributed by atoms with van der Waals surface area (Å²) in [6, 6.07) is 8.83. The Morgan fingerprint density at radius 3 is 3.16 bits per heavy atom. The molecule has 3 heteroatoms. The van der Waals surface area contributed by atoms with Crippen molar-refractivity contribution in [3.63, 3.8) is 0 Å². The van der Waals surface area contributed by atoms with Crippen LogP contribution >= 0.6 is 0 Å². The monoisotopic (exact) mass is 257 g/mol. The van der Waals surface area contributed by atoms with Gasteiger partial charge in [0.25, 0.3) is 0 Å². The van der Waals surface area contributed by atoms with Gasteiger partial charge in [-0.3, -0.25) is 0 Å². The number of hydrogen-bond donors (Lipinski definition) is 0. The first-order chi connectivity index (χ1) is 9.33. The van der Waals surface area contributed by atoms with Gasteiger partial charge in [0.15, 0.2) is 6.29 Å². The van der Waals surface area contributed by atoms with E-state index in [0.29, 0.717) is 11.8 Å². The van der Waals surface area contributed by atoms with Crippen LogP contribution in [0.25, 0.3) is 10.9 Å². The second kappa shape index (κ2) is 4.36. The van der Waals surface area contributed by atoms with E-state index in [4.69, 9.17) is 9.47 Å². The van der Waals surface area contributed by atoms with E-state index in [1.807, 2.05) is 0 Å². The lowest BCUT2D eigenvalue weighted by Crippen LogP contribution is -2.16. The first-order valence-corrected chi connectivity index (χ1v) is 7.09. The molecule has 4 rings (SSSR count). The molecule has 19 heavy (non-hydrogen) atoms. The summed E-state index contributed by atoms with van der Waals surface area (Å²) >= 11 is 0. The van der Waals surface area contributed by atoms with E-state index in [9.17, 15) is 0 Å². The van der Waals surface area contributed by atoms with Crippen molar-refractivity contribution in [2.75, 3.05) is 13.2 Å². The van der Waals surface area contributed by atoms with Crippen LogP contribution in [0.5, 0.6) is 0 Å². The Hall–Kier alpha value is -1.32. The summed E-state index contributed by atoms with van der Waals surface area (Å²) in [6.45, 7) is 1.71. The predicted octanol–water partition coefficient (Wildman–Crippen LogP) is 2.73. The minimum Gasteiger partial charge on any atom is -0.352 e. The number of aromatic nitrogens is 1. The maximum absolute atomic E-state index is 5.75. The van der Waals surface area contributed by atoms with Crippen molar-refractivity contribution >= 4 is 10.9 Å². The van der Waals surface area contributed by atoms with Gasteiger partial charge in [0, 0.05) is 30.1 Å². The largest absolute Gasteiger partial charge is 0.352 e. The third-order valence-corrected chi connectivity index (χ3v) is 4.66. The van der Waals surface area contributed by atoms with Crippen molar-refractivity contribution in [3.8, 4) is 0 Å². The Labute approximate surface area is 113 Å². The van der Waals surface area contributed by atoms with Crippen LogP contribution in [-0.4, -0.2) is 24.1 Å². The molecule has 0 N–H and O–H groups in total. The summed E-state index contributed by atoms with van der Waals surface area (Å²) in [4.78, 5) is 0. The summed E-state index contributed by atoms with van der Waals surface area (Å²) < 4.78 is 13.5. The van der Waals surface area contributed by atoms with Gasteiger partial charge >= 0.3 is 0 Å². The van der Waals surface area contributed by atoms with Crippen LogP contribution in [0.2, 0.25) is 0 Å². The van der Waals surface area contributed by atoms with Gasteiger partial charge in [-0.25, -0.2) is 0 Å². The average molecular weight is 257 g/mol. The molecule has 0 spiro atoms. The Morgan fingerprint density at radius 1 is 1.26 bits per heavy atom. The van der Waals surface area contributed by atoms with Gasteiger partial charge in [-0.15, -0.1) is 0 Å². The zero-order valence-corrected chi connectivity index (χ0v) is 11.2. The fourth-order valence-electron chi connectivity index (χ4n) is 3.59. The van der Waals surface area contributed by atoms with Crippen molar-refractivity contribution in [1.29, 1.82) is 0 Å². The highest BCUT2D eigenvalue weighted by Gasteiger charge is 2.41. The fraction of sp³-hybridized carbons (Fsp3) is 0.500. The van der Waals surface area contributed by atoms with Crippen LogP contribution in [-0.2, 0) is 22.9 Å². The van der Waals surface area contributed by atoms with E-state index in [-0.39, 0.29) is 6.29 Å². The molecule has 0 saturated carbocycles. The Bertz CT molecular complexity index is 604. The smallest absolute Gasteiger partial charge is 0.160 e. The zero-order chi connectivity index (χ0) is 12.8. The van der Waals surface area contributed by atoms with E-state index in [0.717, 1.165) is 26.1 Å². The summed E-state index contributed by atoms with van der Waals surface area (Å²) in [5, 5.41) is 1.38. The molecule has 2 aliphatic heterocycles. The molecule has 2 fully saturated rings. The molecule has 1 aromatic carbocycles. The highest BCUT2D eigenvalue weighted by Crippen LogP contribution is 2.38. The molecule has 2 aromatic rings. The molecule has 0 aliphatic carbocycles. The second-order valence-corrected chi connectivity index (χ2v) is 5.77. The molecule has 0 unspecified atom stereocenters. The lowest BCUT2D eigenvalue weighted by molar-refractivity contribution is -0.0905. The van der Waals surface area contributed by atoms with E-state index >= 15 is 0 Å². The van der Waals surface area contributed by atoms with Gasteiger partial charge < -0.3 is 14.0 Å². The van der Waals surface area contributed by atoms with Crippen molar-refractivity contribution in [2.24, 2.45) is 18.9 Å². The maximum atomic E-state index is 5.75. The van der Waals surface area contributed by atoms with Crippen LogP contribution in [0, 0.1) is 11.8 Å². The quantitative estimate of drug-likeness (QED) is 0.826. The van der Waals surface area contributed by atoms with Crippen molar-refractivity contribution < 1.29 is 9.47 Å². The molecule has 100 valence electrons. The Balaban J connectivity index is 1.65. The predicted molar refractivity (Wildman–Crippen MR) is 73.9 cm³/mol. The minimum atomic E-state index is 0.0694. The topological polar surface area (TPSA) is 23.4 Å². The molecule has 0 radical (unpaired) electrons. The molecule has 0 amide bonds. The number of hydrogen-bond acceptors (Lipinski definition) is 2. The highest BCUT2D eigenvalue weighted by atomic mass is 16.7. The third kappa shape index (κ3) is 1.80. The second-order valence-electron chi connectivity index (χ2n) is 5.77. The van der Waals surface area contributed by atoms with Crippen molar-refractivity contribution in [2.45, 2.75) is 19.1 Å². The third-order valence-electron chi connectivity index (χ3n) is 4.66. The average Bonchev–Trinajstić information content (AvgIpc) is 3.09. The van der Waals surface area contributed by atoms with Crippen LogP contribution in [0.4, 0.5) is 0 Å². The number of aryl methyl sites for hydroxylation is 1. The first kappa shape index (κ1) is 11.5. The molecule has 0 bridgehead atoms. The van der Waals surface area contributed by atoms with Gasteiger partial charge in [-0.2, -0.15) is 0 Å². The number of nitrogens with zero attached hydrogens (tertiary/aromatic N) is 1. The molecule has 2 aliphatic rings. The lowest BCUT2D eigenvalue weighted by Gasteiger charge is -2.15. The van der Waals surface area contributed by atoms with Crippen LogP contribution < -0.4 is 0 Å². The summed E-state index contributed by atoms with van der Waals surface area (Å²) in [6.07, 6.45) is 4.47. The number of ether oxygens (including phenoxy) is 2. The van der Waals surface area contributed by atoms with Gasteiger partial charge in [0.1, 0.15) is 0 Å². The maximum Gasteiger partial charge on any atom is 0.160 e. The van der Waals surface area contributed by atoms with Crippen molar-refractivity contribution in [1.82, 2.24) is 4.57 Å². The SMILES string of the molecule is Cn1ccc2c(C[C@H]3CO[C@H]4OCC[C@@H]34)cccc21. The summed E-state index contributed by atoms with van der Waals surface area (Å²) in [7, 11) is 2.10. The molecule has 3 heterocycles. The highest BCUT2D eigenvalue weighted by molar-refractivity contribution is 5.83. The Morgan fingerprint density at radius 2 is 2.21 bits per heavy atom. The van der Waals surface area contributed by atoms with E-state index in [1.165, 1.54) is 16.5 Å². The van der Waals surface area contributed by atoms with Crippen LogP contribution in [0.15, 0.2) is 30.5 Å². The van der Waals surface area contributed by atoms with Gasteiger partial charge in [0.2, 0.25) is 0 Å². The van der Waals surface area contributed by atoms with E-state index < -0.39 is 0 Å². The normalized spacial score (nSPS) is 30.1. The van der Waals surface area contributed by atoms with Crippen LogP contribution in [0.1, 0.15) is 12.0 Å². The van der Waals surface area contributed by atoms with Crippen LogP contribution in [0.3, 0.4) is 0 Å². The van der Waals surface area contributed by atoms with Gasteiger partial charge in [0.05, 0.1) is 13.2 Å². The molecule has 3 nitrogen and oxygen atoms in total. The number of rotatable bonds is 2. The fourth-order valence-corrected chi connectivity index (χ4v) is 3.59. The minimum absolute atomic E-state index is 0.0694. The molecule has 2 saturated heterocycles. The molecular formula is C16H19NO2. The summed E-state index contributed by atoms with van der Waals surface area (Å²) in [5.74, 6) is 1.21. The number of fused-ring (bicyclic) bond motifs is 2. The van der Waals surface area contributed by atoms with E-state index in [2.05, 4.69) is 42.1 Å². The molecule has 3 atom stereocenters. The van der Waals surface area contributed by atoms with Gasteiger partial charge in [-0.1, -0.05) is 12.1 Å². The van der Waals surface area contributed by atoms with Crippen molar-refractivity contribution in [3.05, 3.63) is 36.0 Å². The first-order valence-electron chi connectivity index (χ1n) is 7.09. The Kier molecular flexibility index (Phi) is 2.64. The molecule has 1 aromatic heterocycles. The lowest BCUT2D eigenvalue weighted by atomic mass is 9.87. The van der Waals surface area contributed by atoms with E-state index in [1.54, 1.807) is 0 Å². The molecular weight excluding hydrogens is 238 g/mol. The zero-order valence-electron chi connectivity index (χ0n) is 11.2.